The zero-order chi connectivity index (χ0) is 18.0. The van der Waals surface area contributed by atoms with Gasteiger partial charge in [-0.1, -0.05) is 0 Å². The van der Waals surface area contributed by atoms with Gasteiger partial charge in [0.15, 0.2) is 0 Å². The summed E-state index contributed by atoms with van der Waals surface area (Å²) in [5.41, 5.74) is 2.87. The Bertz CT molecular complexity index is 838. The van der Waals surface area contributed by atoms with Crippen LogP contribution >= 0.6 is 0 Å². The standard InChI is InChI=1S/C19H23N3O3/c1-21(2)14-9-7-13(8-10-14)20-19(24)18-15-6-4-5-11-22(15)17(23)12-16(18)25-3/h7-10,12H,4-6,11H2,1-3H3,(H,20,24). The summed E-state index contributed by atoms with van der Waals surface area (Å²) in [6, 6.07) is 9.01. The molecule has 0 saturated carbocycles. The maximum Gasteiger partial charge on any atom is 0.261 e. The van der Waals surface area contributed by atoms with Gasteiger partial charge in [0.1, 0.15) is 11.3 Å². The summed E-state index contributed by atoms with van der Waals surface area (Å²) in [6.07, 6.45) is 2.62. The zero-order valence-electron chi connectivity index (χ0n) is 14.8. The van der Waals surface area contributed by atoms with Crippen LogP contribution in [-0.2, 0) is 13.0 Å². The molecular formula is C19H23N3O3. The first-order valence-electron chi connectivity index (χ1n) is 8.40. The van der Waals surface area contributed by atoms with Crippen molar-refractivity contribution in [3.05, 3.63) is 51.9 Å². The number of carbonyl (C=O) groups excluding carboxylic acids is 1. The number of benzene rings is 1. The van der Waals surface area contributed by atoms with E-state index < -0.39 is 0 Å². The average Bonchev–Trinajstić information content (AvgIpc) is 2.61. The van der Waals surface area contributed by atoms with Gasteiger partial charge in [-0.15, -0.1) is 0 Å². The average molecular weight is 341 g/mol. The third-order valence-corrected chi connectivity index (χ3v) is 4.52. The number of methoxy groups -OCH3 is 1. The van der Waals surface area contributed by atoms with Crippen molar-refractivity contribution < 1.29 is 9.53 Å². The Kier molecular flexibility index (Phi) is 4.79. The molecule has 0 bridgehead atoms. The van der Waals surface area contributed by atoms with E-state index >= 15 is 0 Å². The molecule has 6 nitrogen and oxygen atoms in total. The molecule has 2 heterocycles. The van der Waals surface area contributed by atoms with Crippen LogP contribution in [0.3, 0.4) is 0 Å². The molecule has 1 aliphatic rings. The third kappa shape index (κ3) is 3.38. The number of pyridine rings is 1. The van der Waals surface area contributed by atoms with Gasteiger partial charge in [-0.3, -0.25) is 9.59 Å². The second-order valence-corrected chi connectivity index (χ2v) is 6.38. The molecule has 0 fully saturated rings. The number of hydrogen-bond donors (Lipinski definition) is 1. The SMILES string of the molecule is COc1cc(=O)n2c(c1C(=O)Nc1ccc(N(C)C)cc1)CCCC2. The topological polar surface area (TPSA) is 63.6 Å². The van der Waals surface area contributed by atoms with E-state index in [0.29, 0.717) is 30.0 Å². The van der Waals surface area contributed by atoms with Crippen LogP contribution in [0.15, 0.2) is 35.1 Å². The van der Waals surface area contributed by atoms with Crippen molar-refractivity contribution in [1.29, 1.82) is 0 Å². The van der Waals surface area contributed by atoms with Crippen LogP contribution in [0.1, 0.15) is 28.9 Å². The molecule has 1 aromatic carbocycles. The molecule has 2 aromatic rings. The number of nitrogens with zero attached hydrogens (tertiary/aromatic N) is 2. The van der Waals surface area contributed by atoms with Crippen molar-refractivity contribution in [2.45, 2.75) is 25.8 Å². The Morgan fingerprint density at radius 2 is 1.92 bits per heavy atom. The second kappa shape index (κ2) is 7.01. The van der Waals surface area contributed by atoms with Gasteiger partial charge < -0.3 is 19.5 Å². The molecular weight excluding hydrogens is 318 g/mol. The van der Waals surface area contributed by atoms with E-state index in [0.717, 1.165) is 24.2 Å². The Balaban J connectivity index is 1.95. The molecule has 0 saturated heterocycles. The van der Waals surface area contributed by atoms with Crippen molar-refractivity contribution in [2.24, 2.45) is 0 Å². The summed E-state index contributed by atoms with van der Waals surface area (Å²) in [5.74, 6) is 0.0839. The first-order valence-corrected chi connectivity index (χ1v) is 8.40. The quantitative estimate of drug-likeness (QED) is 0.928. The van der Waals surface area contributed by atoms with Crippen LogP contribution in [0.25, 0.3) is 0 Å². The van der Waals surface area contributed by atoms with Crippen LogP contribution in [0.5, 0.6) is 5.75 Å². The van der Waals surface area contributed by atoms with E-state index in [-0.39, 0.29) is 11.5 Å². The molecule has 1 N–H and O–H groups in total. The summed E-state index contributed by atoms with van der Waals surface area (Å²) in [7, 11) is 5.41. The Labute approximate surface area is 147 Å². The smallest absolute Gasteiger partial charge is 0.261 e. The molecule has 1 aromatic heterocycles. The second-order valence-electron chi connectivity index (χ2n) is 6.38. The van der Waals surface area contributed by atoms with E-state index in [1.807, 2.05) is 43.3 Å². The number of hydrogen-bond acceptors (Lipinski definition) is 4. The number of rotatable bonds is 4. The van der Waals surface area contributed by atoms with Gasteiger partial charge in [0, 0.05) is 43.8 Å². The summed E-state index contributed by atoms with van der Waals surface area (Å²) in [4.78, 5) is 27.1. The van der Waals surface area contributed by atoms with Crippen molar-refractivity contribution in [1.82, 2.24) is 4.57 Å². The number of ether oxygens (including phenoxy) is 1. The first kappa shape index (κ1) is 17.1. The van der Waals surface area contributed by atoms with Gasteiger partial charge in [-0.05, 0) is 43.5 Å². The van der Waals surface area contributed by atoms with E-state index in [2.05, 4.69) is 5.32 Å². The van der Waals surface area contributed by atoms with Crippen LogP contribution in [-0.4, -0.2) is 31.7 Å². The molecule has 6 heteroatoms. The minimum Gasteiger partial charge on any atom is -0.496 e. The summed E-state index contributed by atoms with van der Waals surface area (Å²) >= 11 is 0. The van der Waals surface area contributed by atoms with Crippen molar-refractivity contribution in [2.75, 3.05) is 31.4 Å². The van der Waals surface area contributed by atoms with Crippen LogP contribution < -0.4 is 20.5 Å². The summed E-state index contributed by atoms with van der Waals surface area (Å²) < 4.78 is 7.01. The Morgan fingerprint density at radius 1 is 1.20 bits per heavy atom. The highest BCUT2D eigenvalue weighted by atomic mass is 16.5. The summed E-state index contributed by atoms with van der Waals surface area (Å²) in [5, 5.41) is 2.92. The molecule has 1 aliphatic heterocycles. The Morgan fingerprint density at radius 3 is 2.56 bits per heavy atom. The highest BCUT2D eigenvalue weighted by molar-refractivity contribution is 6.07. The van der Waals surface area contributed by atoms with Gasteiger partial charge in [-0.25, -0.2) is 0 Å². The number of nitrogens with one attached hydrogen (secondary N) is 1. The predicted molar refractivity (Wildman–Crippen MR) is 98.9 cm³/mol. The largest absolute Gasteiger partial charge is 0.496 e. The maximum atomic E-state index is 12.9. The molecule has 0 atom stereocenters. The van der Waals surface area contributed by atoms with Gasteiger partial charge in [0.05, 0.1) is 7.11 Å². The highest BCUT2D eigenvalue weighted by Gasteiger charge is 2.24. The van der Waals surface area contributed by atoms with Crippen molar-refractivity contribution >= 4 is 17.3 Å². The minimum absolute atomic E-state index is 0.113. The Hall–Kier alpha value is -2.76. The molecule has 0 spiro atoms. The van der Waals surface area contributed by atoms with Gasteiger partial charge >= 0.3 is 0 Å². The predicted octanol–water partition coefficient (Wildman–Crippen LogP) is 2.51. The molecule has 1 amide bonds. The van der Waals surface area contributed by atoms with E-state index in [4.69, 9.17) is 4.74 Å². The lowest BCUT2D eigenvalue weighted by Gasteiger charge is -2.22. The molecule has 0 unspecified atom stereocenters. The molecule has 0 aliphatic carbocycles. The van der Waals surface area contributed by atoms with Crippen molar-refractivity contribution in [3.63, 3.8) is 0 Å². The lowest BCUT2D eigenvalue weighted by Crippen LogP contribution is -2.30. The minimum atomic E-state index is -0.250. The normalized spacial score (nSPS) is 13.1. The number of aromatic nitrogens is 1. The zero-order valence-corrected chi connectivity index (χ0v) is 14.8. The fraction of sp³-hybridized carbons (Fsp3) is 0.368. The van der Waals surface area contributed by atoms with Crippen molar-refractivity contribution in [3.8, 4) is 5.75 Å². The molecule has 25 heavy (non-hydrogen) atoms. The van der Waals surface area contributed by atoms with Crippen LogP contribution in [0.2, 0.25) is 0 Å². The molecule has 0 radical (unpaired) electrons. The lowest BCUT2D eigenvalue weighted by molar-refractivity contribution is 0.102. The first-order chi connectivity index (χ1) is 12.0. The third-order valence-electron chi connectivity index (χ3n) is 4.52. The highest BCUT2D eigenvalue weighted by Crippen LogP contribution is 2.26. The summed E-state index contributed by atoms with van der Waals surface area (Å²) in [6.45, 7) is 0.649. The monoisotopic (exact) mass is 341 g/mol. The van der Waals surface area contributed by atoms with Crippen LogP contribution in [0, 0.1) is 0 Å². The number of fused-ring (bicyclic) bond motifs is 1. The number of carbonyl (C=O) groups is 1. The van der Waals surface area contributed by atoms with Gasteiger partial charge in [0.2, 0.25) is 0 Å². The number of anilines is 2. The molecule has 3 rings (SSSR count). The fourth-order valence-corrected chi connectivity index (χ4v) is 3.18. The lowest BCUT2D eigenvalue weighted by atomic mass is 10.0. The molecule has 132 valence electrons. The van der Waals surface area contributed by atoms with E-state index in [1.54, 1.807) is 4.57 Å². The van der Waals surface area contributed by atoms with E-state index in [9.17, 15) is 9.59 Å². The number of amides is 1. The fourth-order valence-electron chi connectivity index (χ4n) is 3.18. The van der Waals surface area contributed by atoms with Gasteiger partial charge in [-0.2, -0.15) is 0 Å². The maximum absolute atomic E-state index is 12.9. The van der Waals surface area contributed by atoms with Crippen LogP contribution in [0.4, 0.5) is 11.4 Å². The van der Waals surface area contributed by atoms with Gasteiger partial charge in [0.25, 0.3) is 11.5 Å². The van der Waals surface area contributed by atoms with E-state index in [1.165, 1.54) is 13.2 Å².